The molecule has 2 aromatic carbocycles. The molecule has 1 fully saturated rings. The highest BCUT2D eigenvalue weighted by Gasteiger charge is 2.30. The third-order valence-corrected chi connectivity index (χ3v) is 6.08. The second kappa shape index (κ2) is 8.37. The summed E-state index contributed by atoms with van der Waals surface area (Å²) in [5.41, 5.74) is 1.17. The summed E-state index contributed by atoms with van der Waals surface area (Å²) in [6.45, 7) is 2.51. The number of carbonyl (C=O) groups excluding carboxylic acids is 1. The maximum absolute atomic E-state index is 13.4. The molecule has 1 aliphatic carbocycles. The summed E-state index contributed by atoms with van der Waals surface area (Å²) >= 11 is 1.24. The SMILES string of the molecule is CCCn1c(SC(C(=O)NC2CC2)c2ccc(F)cc2)nc2ccccc2c1=O. The molecule has 0 spiro atoms. The molecule has 3 aromatic rings. The van der Waals surface area contributed by atoms with E-state index in [4.69, 9.17) is 0 Å². The Morgan fingerprint density at radius 3 is 2.66 bits per heavy atom. The van der Waals surface area contributed by atoms with Crippen LogP contribution in [0.1, 0.15) is 37.0 Å². The summed E-state index contributed by atoms with van der Waals surface area (Å²) in [6.07, 6.45) is 2.71. The lowest BCUT2D eigenvalue weighted by atomic mass is 10.1. The van der Waals surface area contributed by atoms with Crippen LogP contribution in [0.15, 0.2) is 58.5 Å². The summed E-state index contributed by atoms with van der Waals surface area (Å²) < 4.78 is 15.1. The van der Waals surface area contributed by atoms with Crippen LogP contribution in [0.4, 0.5) is 4.39 Å². The number of benzene rings is 2. The van der Waals surface area contributed by atoms with Crippen molar-refractivity contribution in [1.29, 1.82) is 0 Å². The molecule has 1 unspecified atom stereocenters. The number of rotatable bonds is 7. The maximum Gasteiger partial charge on any atom is 0.262 e. The molecule has 1 heterocycles. The Labute approximate surface area is 172 Å². The average Bonchev–Trinajstić information content (AvgIpc) is 3.53. The number of para-hydroxylation sites is 1. The highest BCUT2D eigenvalue weighted by atomic mass is 32.2. The average molecular weight is 412 g/mol. The van der Waals surface area contributed by atoms with Crippen LogP contribution in [0.3, 0.4) is 0 Å². The molecular formula is C22H22FN3O2S. The summed E-state index contributed by atoms with van der Waals surface area (Å²) in [4.78, 5) is 30.7. The highest BCUT2D eigenvalue weighted by molar-refractivity contribution is 8.00. The van der Waals surface area contributed by atoms with Crippen LogP contribution in [0, 0.1) is 5.82 Å². The number of aromatic nitrogens is 2. The monoisotopic (exact) mass is 411 g/mol. The molecule has 0 saturated heterocycles. The first kappa shape index (κ1) is 19.6. The first-order valence-corrected chi connectivity index (χ1v) is 10.7. The summed E-state index contributed by atoms with van der Waals surface area (Å²) in [5.74, 6) is -0.499. The zero-order chi connectivity index (χ0) is 20.4. The number of amides is 1. The molecule has 1 aromatic heterocycles. The minimum absolute atomic E-state index is 0.111. The summed E-state index contributed by atoms with van der Waals surface area (Å²) in [5, 5.41) is 3.46. The predicted molar refractivity (Wildman–Crippen MR) is 112 cm³/mol. The number of hydrogen-bond donors (Lipinski definition) is 1. The van der Waals surface area contributed by atoms with Crippen LogP contribution in [0.2, 0.25) is 0 Å². The van der Waals surface area contributed by atoms with Crippen molar-refractivity contribution in [2.75, 3.05) is 0 Å². The molecule has 1 amide bonds. The Kier molecular flexibility index (Phi) is 5.67. The van der Waals surface area contributed by atoms with Gasteiger partial charge in [0.05, 0.1) is 10.9 Å². The molecule has 0 aliphatic heterocycles. The van der Waals surface area contributed by atoms with E-state index >= 15 is 0 Å². The third kappa shape index (κ3) is 4.34. The Morgan fingerprint density at radius 1 is 1.24 bits per heavy atom. The van der Waals surface area contributed by atoms with Crippen molar-refractivity contribution in [2.24, 2.45) is 0 Å². The molecule has 1 aliphatic rings. The number of thioether (sulfide) groups is 1. The van der Waals surface area contributed by atoms with E-state index in [1.807, 2.05) is 19.1 Å². The third-order valence-electron chi connectivity index (χ3n) is 4.83. The number of fused-ring (bicyclic) bond motifs is 1. The van der Waals surface area contributed by atoms with Gasteiger partial charge in [0, 0.05) is 12.6 Å². The Morgan fingerprint density at radius 2 is 1.97 bits per heavy atom. The first-order valence-electron chi connectivity index (χ1n) is 9.79. The number of hydrogen-bond acceptors (Lipinski definition) is 4. The van der Waals surface area contributed by atoms with Crippen LogP contribution >= 0.6 is 11.8 Å². The van der Waals surface area contributed by atoms with Crippen LogP contribution in [-0.2, 0) is 11.3 Å². The smallest absolute Gasteiger partial charge is 0.262 e. The molecule has 4 rings (SSSR count). The quantitative estimate of drug-likeness (QED) is 0.470. The Balaban J connectivity index is 1.77. The van der Waals surface area contributed by atoms with E-state index in [9.17, 15) is 14.0 Å². The number of carbonyl (C=O) groups is 1. The standard InChI is InChI=1S/C22H22FN3O2S/c1-2-13-26-21(28)17-5-3-4-6-18(17)25-22(26)29-19(20(27)24-16-11-12-16)14-7-9-15(23)10-8-14/h3-10,16,19H,2,11-13H2,1H3,(H,24,27). The van der Waals surface area contributed by atoms with Gasteiger partial charge in [-0.05, 0) is 49.1 Å². The van der Waals surface area contributed by atoms with E-state index in [1.54, 1.807) is 28.8 Å². The number of nitrogens with zero attached hydrogens (tertiary/aromatic N) is 2. The molecule has 150 valence electrons. The van der Waals surface area contributed by atoms with E-state index < -0.39 is 5.25 Å². The van der Waals surface area contributed by atoms with Gasteiger partial charge in [0.15, 0.2) is 5.16 Å². The minimum Gasteiger partial charge on any atom is -0.352 e. The van der Waals surface area contributed by atoms with Crippen LogP contribution in [-0.4, -0.2) is 21.5 Å². The lowest BCUT2D eigenvalue weighted by molar-refractivity contribution is -0.120. The van der Waals surface area contributed by atoms with E-state index in [0.29, 0.717) is 28.2 Å². The van der Waals surface area contributed by atoms with Crippen LogP contribution in [0.5, 0.6) is 0 Å². The van der Waals surface area contributed by atoms with Gasteiger partial charge in [-0.3, -0.25) is 14.2 Å². The van der Waals surface area contributed by atoms with Crippen molar-refractivity contribution in [3.05, 3.63) is 70.3 Å². The molecule has 1 saturated carbocycles. The lowest BCUT2D eigenvalue weighted by Crippen LogP contribution is -2.31. The topological polar surface area (TPSA) is 64.0 Å². The van der Waals surface area contributed by atoms with Gasteiger partial charge in [0.2, 0.25) is 5.91 Å². The molecule has 0 bridgehead atoms. The summed E-state index contributed by atoms with van der Waals surface area (Å²) in [7, 11) is 0. The molecule has 7 heteroatoms. The van der Waals surface area contributed by atoms with Crippen molar-refractivity contribution >= 4 is 28.6 Å². The highest BCUT2D eigenvalue weighted by Crippen LogP contribution is 2.36. The predicted octanol–water partition coefficient (Wildman–Crippen LogP) is 4.06. The fourth-order valence-corrected chi connectivity index (χ4v) is 4.31. The molecule has 1 atom stereocenters. The summed E-state index contributed by atoms with van der Waals surface area (Å²) in [6, 6.07) is 13.3. The first-order chi connectivity index (χ1) is 14.1. The van der Waals surface area contributed by atoms with Gasteiger partial charge in [-0.2, -0.15) is 0 Å². The Bertz CT molecular complexity index is 1090. The minimum atomic E-state index is -0.618. The molecular weight excluding hydrogens is 389 g/mol. The number of nitrogens with one attached hydrogen (secondary N) is 1. The van der Waals surface area contributed by atoms with Gasteiger partial charge >= 0.3 is 0 Å². The van der Waals surface area contributed by atoms with Crippen molar-refractivity contribution in [3.63, 3.8) is 0 Å². The normalized spacial score (nSPS) is 14.7. The zero-order valence-corrected chi connectivity index (χ0v) is 16.9. The van der Waals surface area contributed by atoms with Gasteiger partial charge in [-0.25, -0.2) is 9.37 Å². The van der Waals surface area contributed by atoms with Crippen molar-refractivity contribution in [1.82, 2.24) is 14.9 Å². The van der Waals surface area contributed by atoms with E-state index in [0.717, 1.165) is 19.3 Å². The second-order valence-corrected chi connectivity index (χ2v) is 8.27. The van der Waals surface area contributed by atoms with Gasteiger partial charge in [-0.15, -0.1) is 0 Å². The van der Waals surface area contributed by atoms with E-state index in [-0.39, 0.29) is 23.3 Å². The van der Waals surface area contributed by atoms with Gasteiger partial charge in [0.25, 0.3) is 5.56 Å². The van der Waals surface area contributed by atoms with Gasteiger partial charge < -0.3 is 5.32 Å². The van der Waals surface area contributed by atoms with Crippen LogP contribution in [0.25, 0.3) is 10.9 Å². The van der Waals surface area contributed by atoms with Crippen molar-refractivity contribution in [3.8, 4) is 0 Å². The van der Waals surface area contributed by atoms with Gasteiger partial charge in [-0.1, -0.05) is 43.0 Å². The van der Waals surface area contributed by atoms with E-state index in [2.05, 4.69) is 10.3 Å². The molecule has 0 radical (unpaired) electrons. The zero-order valence-electron chi connectivity index (χ0n) is 16.1. The fourth-order valence-electron chi connectivity index (χ4n) is 3.18. The fraction of sp³-hybridized carbons (Fsp3) is 0.318. The van der Waals surface area contributed by atoms with Crippen LogP contribution < -0.4 is 10.9 Å². The largest absolute Gasteiger partial charge is 0.352 e. The van der Waals surface area contributed by atoms with Gasteiger partial charge in [0.1, 0.15) is 11.1 Å². The molecule has 5 nitrogen and oxygen atoms in total. The van der Waals surface area contributed by atoms with Crippen molar-refractivity contribution in [2.45, 2.75) is 49.2 Å². The lowest BCUT2D eigenvalue weighted by Gasteiger charge is -2.19. The number of halogens is 1. The molecule has 1 N–H and O–H groups in total. The van der Waals surface area contributed by atoms with E-state index in [1.165, 1.54) is 23.9 Å². The Hall–Kier alpha value is -2.67. The molecule has 29 heavy (non-hydrogen) atoms. The maximum atomic E-state index is 13.4. The second-order valence-electron chi connectivity index (χ2n) is 7.20. The van der Waals surface area contributed by atoms with Crippen molar-refractivity contribution < 1.29 is 9.18 Å².